The lowest BCUT2D eigenvalue weighted by Gasteiger charge is -1.75. The highest BCUT2D eigenvalue weighted by Crippen LogP contribution is 2.01. The van der Waals surface area contributed by atoms with Crippen molar-refractivity contribution in [2.75, 3.05) is 6.38 Å². The Hall–Kier alpha value is -0.760. The van der Waals surface area contributed by atoms with Gasteiger partial charge in [-0.2, -0.15) is 0 Å². The van der Waals surface area contributed by atoms with E-state index in [1.807, 2.05) is 0 Å². The fourth-order valence-corrected chi connectivity index (χ4v) is 0.517. The van der Waals surface area contributed by atoms with Gasteiger partial charge < -0.3 is 4.42 Å². The zero-order valence-electron chi connectivity index (χ0n) is 5.93. The molecule has 0 aliphatic carbocycles. The fraction of sp³-hybridized carbons (Fsp3) is 0.286. The number of aryl methyl sites for hydroxylation is 1. The first-order valence-electron chi connectivity index (χ1n) is 2.72. The van der Waals surface area contributed by atoms with Crippen molar-refractivity contribution in [3.63, 3.8) is 0 Å². The third-order valence-electron chi connectivity index (χ3n) is 0.877. The summed E-state index contributed by atoms with van der Waals surface area (Å²) in [5.41, 5.74) is 0. The van der Waals surface area contributed by atoms with Crippen LogP contribution in [0.2, 0.25) is 0 Å². The Balaban J connectivity index is 0.000000371. The molecule has 1 rings (SSSR count). The second-order valence-electron chi connectivity index (χ2n) is 1.57. The molecule has 0 aliphatic heterocycles. The van der Waals surface area contributed by atoms with Crippen molar-refractivity contribution in [2.45, 2.75) is 6.92 Å². The molecule has 0 N–H and O–H groups in total. The monoisotopic (exact) mass is 160 g/mol. The van der Waals surface area contributed by atoms with Crippen molar-refractivity contribution < 1.29 is 9.21 Å². The van der Waals surface area contributed by atoms with Crippen molar-refractivity contribution in [2.24, 2.45) is 0 Å². The summed E-state index contributed by atoms with van der Waals surface area (Å²) in [6.07, 6.45) is 2.16. The number of alkyl halides is 1. The lowest BCUT2D eigenvalue weighted by atomic mass is 10.5. The number of halogens is 1. The molecule has 10 heavy (non-hydrogen) atoms. The van der Waals surface area contributed by atoms with Gasteiger partial charge in [-0.05, 0) is 19.1 Å². The maximum atomic E-state index is 9.93. The summed E-state index contributed by atoms with van der Waals surface area (Å²) in [5.74, 6) is 1.16. The van der Waals surface area contributed by atoms with Gasteiger partial charge in [0.2, 0.25) is 0 Å². The largest absolute Gasteiger partial charge is 0.459 e. The van der Waals surface area contributed by atoms with Gasteiger partial charge in [-0.15, -0.1) is 11.6 Å². The molecule has 0 amide bonds. The minimum Gasteiger partial charge on any atom is -0.459 e. The summed E-state index contributed by atoms with van der Waals surface area (Å²) < 4.78 is 4.86. The van der Waals surface area contributed by atoms with E-state index in [1.54, 1.807) is 19.1 Å². The van der Waals surface area contributed by atoms with Crippen LogP contribution in [0.3, 0.4) is 0 Å². The summed E-state index contributed by atoms with van der Waals surface area (Å²) in [7, 11) is 0. The number of hydrogen-bond donors (Lipinski definition) is 0. The van der Waals surface area contributed by atoms with Gasteiger partial charge in [0.05, 0.1) is 0 Å². The molecule has 2 nitrogen and oxygen atoms in total. The first-order valence-corrected chi connectivity index (χ1v) is 3.48. The lowest BCUT2D eigenvalue weighted by Crippen LogP contribution is -1.66. The summed E-state index contributed by atoms with van der Waals surface area (Å²) in [6.45, 7) is 1.80. The van der Waals surface area contributed by atoms with Crippen LogP contribution in [0.4, 0.5) is 0 Å². The van der Waals surface area contributed by atoms with Crippen LogP contribution in [0, 0.1) is 6.92 Å². The second kappa shape index (κ2) is 5.06. The van der Waals surface area contributed by atoms with Crippen LogP contribution >= 0.6 is 11.6 Å². The van der Waals surface area contributed by atoms with Gasteiger partial charge in [-0.1, -0.05) is 0 Å². The van der Waals surface area contributed by atoms with E-state index >= 15 is 0 Å². The van der Waals surface area contributed by atoms with Crippen LogP contribution in [-0.2, 0) is 0 Å². The van der Waals surface area contributed by atoms with E-state index in [2.05, 4.69) is 11.6 Å². The molecule has 1 aromatic rings. The zero-order chi connectivity index (χ0) is 7.98. The highest BCUT2D eigenvalue weighted by Gasteiger charge is 1.91. The van der Waals surface area contributed by atoms with Crippen LogP contribution < -0.4 is 0 Å². The van der Waals surface area contributed by atoms with E-state index in [1.165, 1.54) is 6.38 Å². The van der Waals surface area contributed by atoms with Crippen LogP contribution in [-0.4, -0.2) is 12.7 Å². The van der Waals surface area contributed by atoms with E-state index in [0.29, 0.717) is 12.0 Å². The topological polar surface area (TPSA) is 30.2 Å². The average molecular weight is 161 g/mol. The number of aldehydes is 1. The van der Waals surface area contributed by atoms with Crippen molar-refractivity contribution >= 4 is 17.9 Å². The molecular weight excluding hydrogens is 152 g/mol. The van der Waals surface area contributed by atoms with E-state index in [4.69, 9.17) is 4.42 Å². The highest BCUT2D eigenvalue weighted by atomic mass is 35.5. The molecule has 0 spiro atoms. The predicted octanol–water partition coefficient (Wildman–Crippen LogP) is 2.26. The number of carbonyl (C=O) groups is 1. The molecule has 0 aliphatic rings. The molecule has 0 radical (unpaired) electrons. The molecule has 0 unspecified atom stereocenters. The molecule has 0 aromatic carbocycles. The molecule has 0 saturated heterocycles. The SMILES string of the molecule is CCl.Cc1ccc(C=O)o1. The van der Waals surface area contributed by atoms with Crippen LogP contribution in [0.5, 0.6) is 0 Å². The zero-order valence-corrected chi connectivity index (χ0v) is 6.68. The number of carbonyl (C=O) groups excluding carboxylic acids is 1. The van der Waals surface area contributed by atoms with E-state index in [9.17, 15) is 4.79 Å². The van der Waals surface area contributed by atoms with Gasteiger partial charge in [0, 0.05) is 6.38 Å². The van der Waals surface area contributed by atoms with Crippen molar-refractivity contribution in [1.82, 2.24) is 0 Å². The molecule has 56 valence electrons. The Morgan fingerprint density at radius 1 is 1.50 bits per heavy atom. The highest BCUT2D eigenvalue weighted by molar-refractivity contribution is 6.15. The molecular formula is C7H9ClO2. The van der Waals surface area contributed by atoms with Gasteiger partial charge in [-0.3, -0.25) is 4.79 Å². The van der Waals surface area contributed by atoms with E-state index < -0.39 is 0 Å². The second-order valence-corrected chi connectivity index (χ2v) is 1.57. The van der Waals surface area contributed by atoms with Crippen molar-refractivity contribution in [1.29, 1.82) is 0 Å². The smallest absolute Gasteiger partial charge is 0.185 e. The van der Waals surface area contributed by atoms with Crippen molar-refractivity contribution in [3.05, 3.63) is 23.7 Å². The summed E-state index contributed by atoms with van der Waals surface area (Å²) in [6, 6.07) is 3.39. The minimum absolute atomic E-state index is 0.391. The average Bonchev–Trinajstić information content (AvgIpc) is 2.40. The summed E-state index contributed by atoms with van der Waals surface area (Å²) in [5, 5.41) is 0. The molecule has 0 saturated carbocycles. The first kappa shape index (κ1) is 9.24. The van der Waals surface area contributed by atoms with Crippen LogP contribution in [0.15, 0.2) is 16.5 Å². The predicted molar refractivity (Wildman–Crippen MR) is 40.6 cm³/mol. The number of hydrogen-bond acceptors (Lipinski definition) is 2. The lowest BCUT2D eigenvalue weighted by molar-refractivity contribution is 0.109. The first-order chi connectivity index (χ1) is 4.83. The van der Waals surface area contributed by atoms with Crippen LogP contribution in [0.1, 0.15) is 16.3 Å². The quantitative estimate of drug-likeness (QED) is 0.466. The third kappa shape index (κ3) is 2.69. The van der Waals surface area contributed by atoms with Gasteiger partial charge in [0.25, 0.3) is 0 Å². The maximum absolute atomic E-state index is 9.93. The van der Waals surface area contributed by atoms with Gasteiger partial charge in [-0.25, -0.2) is 0 Å². The van der Waals surface area contributed by atoms with Crippen LogP contribution in [0.25, 0.3) is 0 Å². The Bertz CT molecular complexity index is 193. The molecule has 0 atom stereocenters. The number of furan rings is 1. The van der Waals surface area contributed by atoms with Crippen molar-refractivity contribution in [3.8, 4) is 0 Å². The minimum atomic E-state index is 0.391. The Morgan fingerprint density at radius 2 is 2.10 bits per heavy atom. The Labute approximate surface area is 64.8 Å². The normalized spacial score (nSPS) is 7.90. The molecule has 1 heterocycles. The van der Waals surface area contributed by atoms with Gasteiger partial charge in [0.1, 0.15) is 5.76 Å². The van der Waals surface area contributed by atoms with Gasteiger partial charge >= 0.3 is 0 Å². The standard InChI is InChI=1S/C6H6O2.CH3Cl/c1-5-2-3-6(4-7)8-5;1-2/h2-4H,1H3;1H3. The molecule has 0 bridgehead atoms. The molecule has 0 fully saturated rings. The molecule has 1 aromatic heterocycles. The van der Waals surface area contributed by atoms with E-state index in [0.717, 1.165) is 5.76 Å². The Morgan fingerprint density at radius 3 is 2.30 bits per heavy atom. The summed E-state index contributed by atoms with van der Waals surface area (Å²) in [4.78, 5) is 9.93. The maximum Gasteiger partial charge on any atom is 0.185 e. The fourth-order valence-electron chi connectivity index (χ4n) is 0.517. The summed E-state index contributed by atoms with van der Waals surface area (Å²) >= 11 is 4.64. The molecule has 3 heteroatoms. The third-order valence-corrected chi connectivity index (χ3v) is 0.877. The number of rotatable bonds is 1. The van der Waals surface area contributed by atoms with E-state index in [-0.39, 0.29) is 0 Å². The van der Waals surface area contributed by atoms with Gasteiger partial charge in [0.15, 0.2) is 12.0 Å². The Kier molecular flexibility index (Phi) is 4.67.